The summed E-state index contributed by atoms with van der Waals surface area (Å²) < 4.78 is 0.863. The largest absolute Gasteiger partial charge is 0.235 e. The Morgan fingerprint density at radius 1 is 1.88 bits per heavy atom. The van der Waals surface area contributed by atoms with Crippen LogP contribution < -0.4 is 0 Å². The lowest BCUT2D eigenvalue weighted by Crippen LogP contribution is -1.75. The fourth-order valence-corrected chi connectivity index (χ4v) is 1.38. The Morgan fingerprint density at radius 2 is 2.62 bits per heavy atom. The third-order valence-electron chi connectivity index (χ3n) is 0.902. The van der Waals surface area contributed by atoms with Crippen molar-refractivity contribution in [1.82, 2.24) is 4.98 Å². The van der Waals surface area contributed by atoms with Crippen molar-refractivity contribution in [3.8, 4) is 0 Å². The van der Waals surface area contributed by atoms with Crippen LogP contribution >= 0.6 is 24.0 Å². The van der Waals surface area contributed by atoms with E-state index >= 15 is 0 Å². The van der Waals surface area contributed by atoms with Gasteiger partial charge in [0.15, 0.2) is 0 Å². The van der Waals surface area contributed by atoms with Crippen LogP contribution in [-0.4, -0.2) is 4.98 Å². The number of thiol groups is 1. The molecule has 0 aliphatic carbocycles. The van der Waals surface area contributed by atoms with E-state index in [1.165, 1.54) is 0 Å². The SMILES string of the molecule is CCc1csc(S)n1. The molecule has 0 amide bonds. The third-order valence-corrected chi connectivity index (χ3v) is 2.01. The Kier molecular flexibility index (Phi) is 1.91. The predicted molar refractivity (Wildman–Crippen MR) is 38.7 cm³/mol. The lowest BCUT2D eigenvalue weighted by molar-refractivity contribution is 1.03. The van der Waals surface area contributed by atoms with Crippen molar-refractivity contribution in [3.05, 3.63) is 11.1 Å². The van der Waals surface area contributed by atoms with Crippen molar-refractivity contribution < 1.29 is 0 Å². The van der Waals surface area contributed by atoms with Crippen LogP contribution in [0.4, 0.5) is 0 Å². The fourth-order valence-electron chi connectivity index (χ4n) is 0.459. The molecular formula is C5H7NS2. The summed E-state index contributed by atoms with van der Waals surface area (Å²) in [5.74, 6) is 0. The van der Waals surface area contributed by atoms with Gasteiger partial charge in [0.2, 0.25) is 0 Å². The monoisotopic (exact) mass is 145 g/mol. The molecule has 0 aromatic carbocycles. The smallest absolute Gasteiger partial charge is 0.147 e. The van der Waals surface area contributed by atoms with Gasteiger partial charge in [0.1, 0.15) is 4.34 Å². The first kappa shape index (κ1) is 6.11. The highest BCUT2D eigenvalue weighted by Gasteiger charge is 1.91. The average molecular weight is 145 g/mol. The molecule has 0 N–H and O–H groups in total. The maximum atomic E-state index is 4.11. The molecule has 0 unspecified atom stereocenters. The van der Waals surface area contributed by atoms with E-state index < -0.39 is 0 Å². The predicted octanol–water partition coefficient (Wildman–Crippen LogP) is 1.99. The molecule has 0 saturated heterocycles. The summed E-state index contributed by atoms with van der Waals surface area (Å²) >= 11 is 5.65. The summed E-state index contributed by atoms with van der Waals surface area (Å²) in [6.07, 6.45) is 1.01. The van der Waals surface area contributed by atoms with Crippen LogP contribution in [0.3, 0.4) is 0 Å². The minimum atomic E-state index is 0.863. The second-order valence-electron chi connectivity index (χ2n) is 1.47. The third kappa shape index (κ3) is 1.23. The summed E-state index contributed by atoms with van der Waals surface area (Å²) in [6, 6.07) is 0. The molecule has 0 saturated carbocycles. The summed E-state index contributed by atoms with van der Waals surface area (Å²) in [5, 5.41) is 2.03. The van der Waals surface area contributed by atoms with Gasteiger partial charge in [-0.15, -0.1) is 24.0 Å². The molecule has 1 aromatic heterocycles. The number of thiazole rings is 1. The van der Waals surface area contributed by atoms with Gasteiger partial charge in [0.05, 0.1) is 5.69 Å². The molecule has 3 heteroatoms. The van der Waals surface area contributed by atoms with Gasteiger partial charge in [-0.2, -0.15) is 0 Å². The first-order valence-electron chi connectivity index (χ1n) is 2.46. The zero-order valence-electron chi connectivity index (χ0n) is 4.59. The first-order chi connectivity index (χ1) is 3.83. The molecule has 8 heavy (non-hydrogen) atoms. The van der Waals surface area contributed by atoms with Crippen LogP contribution in [0, 0.1) is 0 Å². The van der Waals surface area contributed by atoms with Gasteiger partial charge in [-0.25, -0.2) is 4.98 Å². The molecule has 1 heterocycles. The average Bonchev–Trinajstić information content (AvgIpc) is 2.14. The quantitative estimate of drug-likeness (QED) is 0.596. The van der Waals surface area contributed by atoms with E-state index in [9.17, 15) is 0 Å². The number of aryl methyl sites for hydroxylation is 1. The molecular weight excluding hydrogens is 138 g/mol. The van der Waals surface area contributed by atoms with Gasteiger partial charge in [-0.1, -0.05) is 6.92 Å². The topological polar surface area (TPSA) is 12.9 Å². The van der Waals surface area contributed by atoms with Crippen molar-refractivity contribution in [2.75, 3.05) is 0 Å². The summed E-state index contributed by atoms with van der Waals surface area (Å²) in [7, 11) is 0. The molecule has 0 spiro atoms. The highest BCUT2D eigenvalue weighted by atomic mass is 32.2. The minimum absolute atomic E-state index is 0.863. The van der Waals surface area contributed by atoms with E-state index in [0.29, 0.717) is 0 Å². The Hall–Kier alpha value is -0.0200. The molecule has 1 aromatic rings. The lowest BCUT2D eigenvalue weighted by atomic mass is 10.4. The van der Waals surface area contributed by atoms with E-state index in [4.69, 9.17) is 0 Å². The van der Waals surface area contributed by atoms with Crippen LogP contribution in [0.1, 0.15) is 12.6 Å². The minimum Gasteiger partial charge on any atom is -0.235 e. The molecule has 0 aliphatic heterocycles. The van der Waals surface area contributed by atoms with Crippen molar-refractivity contribution in [3.63, 3.8) is 0 Å². The Balaban J connectivity index is 2.84. The number of nitrogens with zero attached hydrogens (tertiary/aromatic N) is 1. The molecule has 0 atom stereocenters. The molecule has 0 fully saturated rings. The molecule has 1 rings (SSSR count). The molecule has 0 bridgehead atoms. The van der Waals surface area contributed by atoms with E-state index in [2.05, 4.69) is 24.5 Å². The Labute approximate surface area is 58.2 Å². The van der Waals surface area contributed by atoms with Gasteiger partial charge in [0, 0.05) is 5.38 Å². The second kappa shape index (κ2) is 2.51. The van der Waals surface area contributed by atoms with Crippen LogP contribution in [0.15, 0.2) is 9.72 Å². The number of aromatic nitrogens is 1. The van der Waals surface area contributed by atoms with Gasteiger partial charge in [-0.05, 0) is 6.42 Å². The van der Waals surface area contributed by atoms with E-state index in [-0.39, 0.29) is 0 Å². The standard InChI is InChI=1S/C5H7NS2/c1-2-4-3-8-5(7)6-4/h3H,2H2,1H3,(H,6,7). The number of hydrogen-bond donors (Lipinski definition) is 1. The van der Waals surface area contributed by atoms with E-state index in [0.717, 1.165) is 16.5 Å². The van der Waals surface area contributed by atoms with E-state index in [1.54, 1.807) is 11.3 Å². The zero-order chi connectivity index (χ0) is 5.98. The zero-order valence-corrected chi connectivity index (χ0v) is 6.30. The van der Waals surface area contributed by atoms with Gasteiger partial charge in [0.25, 0.3) is 0 Å². The number of hydrogen-bond acceptors (Lipinski definition) is 3. The Morgan fingerprint density at radius 3 is 2.88 bits per heavy atom. The van der Waals surface area contributed by atoms with Crippen LogP contribution in [0.25, 0.3) is 0 Å². The molecule has 0 radical (unpaired) electrons. The Bertz CT molecular complexity index is 171. The summed E-state index contributed by atoms with van der Waals surface area (Å²) in [6.45, 7) is 2.09. The van der Waals surface area contributed by atoms with Gasteiger partial charge in [-0.3, -0.25) is 0 Å². The first-order valence-corrected chi connectivity index (χ1v) is 3.79. The summed E-state index contributed by atoms with van der Waals surface area (Å²) in [4.78, 5) is 4.11. The normalized spacial score (nSPS) is 9.75. The molecule has 44 valence electrons. The van der Waals surface area contributed by atoms with Crippen LogP contribution in [-0.2, 0) is 6.42 Å². The van der Waals surface area contributed by atoms with Crippen molar-refractivity contribution in [2.24, 2.45) is 0 Å². The van der Waals surface area contributed by atoms with Crippen LogP contribution in [0.5, 0.6) is 0 Å². The lowest BCUT2D eigenvalue weighted by Gasteiger charge is -1.79. The van der Waals surface area contributed by atoms with Crippen molar-refractivity contribution in [2.45, 2.75) is 17.7 Å². The van der Waals surface area contributed by atoms with Crippen molar-refractivity contribution >= 4 is 24.0 Å². The second-order valence-corrected chi connectivity index (χ2v) is 3.06. The van der Waals surface area contributed by atoms with E-state index in [1.807, 2.05) is 5.38 Å². The highest BCUT2D eigenvalue weighted by Crippen LogP contribution is 2.12. The van der Waals surface area contributed by atoms with Gasteiger partial charge >= 0.3 is 0 Å². The maximum absolute atomic E-state index is 4.11. The molecule has 0 aliphatic rings. The van der Waals surface area contributed by atoms with Crippen LogP contribution in [0.2, 0.25) is 0 Å². The highest BCUT2D eigenvalue weighted by molar-refractivity contribution is 7.82. The molecule has 1 nitrogen and oxygen atoms in total. The van der Waals surface area contributed by atoms with Gasteiger partial charge < -0.3 is 0 Å². The maximum Gasteiger partial charge on any atom is 0.147 e. The fraction of sp³-hybridized carbons (Fsp3) is 0.400. The number of rotatable bonds is 1. The summed E-state index contributed by atoms with van der Waals surface area (Å²) in [5.41, 5.74) is 1.14. The van der Waals surface area contributed by atoms with Crippen molar-refractivity contribution in [1.29, 1.82) is 0 Å².